The van der Waals surface area contributed by atoms with Gasteiger partial charge in [-0.15, -0.1) is 0 Å². The summed E-state index contributed by atoms with van der Waals surface area (Å²) in [6.45, 7) is 3.95. The van der Waals surface area contributed by atoms with Crippen molar-refractivity contribution in [2.45, 2.75) is 32.0 Å². The molecule has 2 aliphatic rings. The third-order valence-electron chi connectivity index (χ3n) is 4.88. The number of aromatic nitrogens is 2. The van der Waals surface area contributed by atoms with E-state index in [4.69, 9.17) is 27.6 Å². The lowest BCUT2D eigenvalue weighted by Gasteiger charge is -2.34. The molecule has 1 amide bonds. The van der Waals surface area contributed by atoms with Crippen LogP contribution in [0.5, 0.6) is 0 Å². The van der Waals surface area contributed by atoms with Gasteiger partial charge in [0.15, 0.2) is 5.69 Å². The fourth-order valence-corrected chi connectivity index (χ4v) is 3.58. The van der Waals surface area contributed by atoms with Crippen molar-refractivity contribution < 1.29 is 9.21 Å². The standard InChI is InChI=1S/C18H21Cl2N5O2/c19-14-7-21-8-15(20)13(14)10-24-3-5-25(6-4-24)18(26)16-11-27-17(23-16)9-22-12-1-2-12/h7-8,11-12,22H,1-6,9-10H2. The number of rotatable bonds is 6. The summed E-state index contributed by atoms with van der Waals surface area (Å²) in [4.78, 5) is 25.0. The summed E-state index contributed by atoms with van der Waals surface area (Å²) in [5.74, 6) is 0.474. The Hall–Kier alpha value is -1.67. The SMILES string of the molecule is O=C(c1coc(CNC2CC2)n1)N1CCN(Cc2c(Cl)cncc2Cl)CC1. The molecule has 7 nitrogen and oxygen atoms in total. The quantitative estimate of drug-likeness (QED) is 0.789. The second-order valence-electron chi connectivity index (χ2n) is 6.93. The lowest BCUT2D eigenvalue weighted by atomic mass is 10.2. The number of piperazine rings is 1. The van der Waals surface area contributed by atoms with Gasteiger partial charge in [0.2, 0.25) is 5.89 Å². The Labute approximate surface area is 167 Å². The molecule has 3 heterocycles. The van der Waals surface area contributed by atoms with Crippen molar-refractivity contribution in [1.29, 1.82) is 0 Å². The summed E-state index contributed by atoms with van der Waals surface area (Å²) in [7, 11) is 0. The number of hydrogen-bond acceptors (Lipinski definition) is 6. The average Bonchev–Trinajstić information content (AvgIpc) is 3.39. The molecule has 0 radical (unpaired) electrons. The molecule has 1 aliphatic heterocycles. The molecule has 0 unspecified atom stereocenters. The summed E-state index contributed by atoms with van der Waals surface area (Å²) < 4.78 is 5.41. The van der Waals surface area contributed by atoms with Gasteiger partial charge in [-0.05, 0) is 12.8 Å². The first kappa shape index (κ1) is 18.7. The molecule has 0 bridgehead atoms. The van der Waals surface area contributed by atoms with E-state index in [1.54, 1.807) is 12.4 Å². The molecule has 4 rings (SSSR count). The second kappa shape index (κ2) is 8.14. The monoisotopic (exact) mass is 409 g/mol. The van der Waals surface area contributed by atoms with Crippen LogP contribution in [0.4, 0.5) is 0 Å². The Morgan fingerprint density at radius 2 is 1.89 bits per heavy atom. The van der Waals surface area contributed by atoms with Gasteiger partial charge < -0.3 is 14.6 Å². The summed E-state index contributed by atoms with van der Waals surface area (Å²) in [5.41, 5.74) is 1.24. The zero-order valence-corrected chi connectivity index (χ0v) is 16.3. The molecular formula is C18H21Cl2N5O2. The van der Waals surface area contributed by atoms with E-state index in [-0.39, 0.29) is 5.91 Å². The van der Waals surface area contributed by atoms with Crippen LogP contribution in [0.1, 0.15) is 34.8 Å². The largest absolute Gasteiger partial charge is 0.447 e. The molecule has 0 atom stereocenters. The summed E-state index contributed by atoms with van der Waals surface area (Å²) >= 11 is 12.4. The van der Waals surface area contributed by atoms with E-state index in [1.165, 1.54) is 19.1 Å². The van der Waals surface area contributed by atoms with Crippen LogP contribution in [0.2, 0.25) is 10.0 Å². The van der Waals surface area contributed by atoms with Crippen LogP contribution in [0.3, 0.4) is 0 Å². The molecule has 1 aliphatic carbocycles. The minimum atomic E-state index is -0.0870. The average molecular weight is 410 g/mol. The highest BCUT2D eigenvalue weighted by molar-refractivity contribution is 6.35. The maximum Gasteiger partial charge on any atom is 0.275 e. The Balaban J connectivity index is 1.30. The molecule has 0 aromatic carbocycles. The number of halogens is 2. The number of amides is 1. The Morgan fingerprint density at radius 1 is 1.19 bits per heavy atom. The van der Waals surface area contributed by atoms with Crippen LogP contribution in [-0.4, -0.2) is 57.9 Å². The molecular weight excluding hydrogens is 389 g/mol. The number of nitrogens with zero attached hydrogens (tertiary/aromatic N) is 4. The molecule has 2 aromatic rings. The van der Waals surface area contributed by atoms with Crippen LogP contribution in [0.15, 0.2) is 23.1 Å². The van der Waals surface area contributed by atoms with Crippen LogP contribution in [0.25, 0.3) is 0 Å². The molecule has 9 heteroatoms. The fraction of sp³-hybridized carbons (Fsp3) is 0.500. The number of pyridine rings is 1. The van der Waals surface area contributed by atoms with Gasteiger partial charge in [0.25, 0.3) is 5.91 Å². The van der Waals surface area contributed by atoms with Gasteiger partial charge in [-0.3, -0.25) is 14.7 Å². The van der Waals surface area contributed by atoms with E-state index in [1.807, 2.05) is 4.90 Å². The van der Waals surface area contributed by atoms with Crippen LogP contribution >= 0.6 is 23.2 Å². The second-order valence-corrected chi connectivity index (χ2v) is 7.75. The minimum absolute atomic E-state index is 0.0870. The van der Waals surface area contributed by atoms with Gasteiger partial charge in [0.05, 0.1) is 16.6 Å². The van der Waals surface area contributed by atoms with Crippen LogP contribution in [0, 0.1) is 0 Å². The lowest BCUT2D eigenvalue weighted by Crippen LogP contribution is -2.48. The summed E-state index contributed by atoms with van der Waals surface area (Å²) in [6.07, 6.45) is 7.06. The maximum atomic E-state index is 12.7. The zero-order chi connectivity index (χ0) is 18.8. The Kier molecular flexibility index (Phi) is 5.63. The van der Waals surface area contributed by atoms with Crippen molar-refractivity contribution >= 4 is 29.1 Å². The Bertz CT molecular complexity index is 796. The number of carbonyl (C=O) groups excluding carboxylic acids is 1. The van der Waals surface area contributed by atoms with E-state index < -0.39 is 0 Å². The van der Waals surface area contributed by atoms with E-state index in [0.717, 1.165) is 18.7 Å². The normalized spacial score (nSPS) is 18.1. The smallest absolute Gasteiger partial charge is 0.275 e. The maximum absolute atomic E-state index is 12.7. The van der Waals surface area contributed by atoms with Gasteiger partial charge in [-0.2, -0.15) is 0 Å². The van der Waals surface area contributed by atoms with Gasteiger partial charge >= 0.3 is 0 Å². The van der Waals surface area contributed by atoms with Crippen molar-refractivity contribution in [2.24, 2.45) is 0 Å². The van der Waals surface area contributed by atoms with Gasteiger partial charge in [-0.1, -0.05) is 23.2 Å². The topological polar surface area (TPSA) is 74.5 Å². The highest BCUT2D eigenvalue weighted by Crippen LogP contribution is 2.25. The third kappa shape index (κ3) is 4.60. The van der Waals surface area contributed by atoms with Crippen molar-refractivity contribution in [3.8, 4) is 0 Å². The molecule has 1 N–H and O–H groups in total. The third-order valence-corrected chi connectivity index (χ3v) is 5.54. The van der Waals surface area contributed by atoms with Gasteiger partial charge in [0.1, 0.15) is 6.26 Å². The van der Waals surface area contributed by atoms with Crippen molar-refractivity contribution in [3.63, 3.8) is 0 Å². The minimum Gasteiger partial charge on any atom is -0.447 e. The van der Waals surface area contributed by atoms with Crippen molar-refractivity contribution in [3.05, 3.63) is 45.9 Å². The number of nitrogens with one attached hydrogen (secondary N) is 1. The predicted octanol–water partition coefficient (Wildman–Crippen LogP) is 2.59. The van der Waals surface area contributed by atoms with E-state index in [0.29, 0.717) is 53.9 Å². The fourth-order valence-electron chi connectivity index (χ4n) is 3.09. The summed E-state index contributed by atoms with van der Waals surface area (Å²) in [5, 5.41) is 4.46. The number of oxazole rings is 1. The van der Waals surface area contributed by atoms with E-state index in [9.17, 15) is 4.79 Å². The molecule has 1 saturated heterocycles. The molecule has 0 spiro atoms. The van der Waals surface area contributed by atoms with E-state index >= 15 is 0 Å². The van der Waals surface area contributed by atoms with Crippen molar-refractivity contribution in [1.82, 2.24) is 25.1 Å². The first-order chi connectivity index (χ1) is 13.1. The molecule has 2 aromatic heterocycles. The molecule has 144 valence electrons. The Morgan fingerprint density at radius 3 is 2.56 bits per heavy atom. The van der Waals surface area contributed by atoms with Crippen molar-refractivity contribution in [2.75, 3.05) is 26.2 Å². The highest BCUT2D eigenvalue weighted by atomic mass is 35.5. The highest BCUT2D eigenvalue weighted by Gasteiger charge is 2.26. The molecule has 27 heavy (non-hydrogen) atoms. The number of hydrogen-bond donors (Lipinski definition) is 1. The first-order valence-corrected chi connectivity index (χ1v) is 9.83. The van der Waals surface area contributed by atoms with E-state index in [2.05, 4.69) is 20.2 Å². The lowest BCUT2D eigenvalue weighted by molar-refractivity contribution is 0.0622. The van der Waals surface area contributed by atoms with Gasteiger partial charge in [-0.25, -0.2) is 4.98 Å². The van der Waals surface area contributed by atoms with Crippen LogP contribution < -0.4 is 5.32 Å². The van der Waals surface area contributed by atoms with Gasteiger partial charge in [0, 0.05) is 56.7 Å². The molecule has 1 saturated carbocycles. The molecule has 2 fully saturated rings. The zero-order valence-electron chi connectivity index (χ0n) is 14.8. The summed E-state index contributed by atoms with van der Waals surface area (Å²) in [6, 6.07) is 0.575. The van der Waals surface area contributed by atoms with Crippen LogP contribution in [-0.2, 0) is 13.1 Å². The predicted molar refractivity (Wildman–Crippen MR) is 102 cm³/mol. The first-order valence-electron chi connectivity index (χ1n) is 9.07. The number of carbonyl (C=O) groups is 1.